The molecule has 116 valence electrons. The van der Waals surface area contributed by atoms with Crippen LogP contribution in [0.1, 0.15) is 6.92 Å². The fraction of sp³-hybridized carbons (Fsp3) is 0.500. The normalized spacial score (nSPS) is 14.4. The van der Waals surface area contributed by atoms with E-state index in [9.17, 15) is 14.3 Å². The number of aromatic amines is 1. The molecule has 1 atom stereocenters. The van der Waals surface area contributed by atoms with Crippen molar-refractivity contribution in [1.29, 1.82) is 0 Å². The number of aromatic nitrogens is 4. The number of nitrogen functional groups attached to an aromatic ring is 1. The van der Waals surface area contributed by atoms with E-state index in [4.69, 9.17) is 10.5 Å². The molecule has 0 fully saturated rings. The van der Waals surface area contributed by atoms with Crippen LogP contribution in [0.25, 0.3) is 11.2 Å². The van der Waals surface area contributed by atoms with E-state index < -0.39 is 19.5 Å². The van der Waals surface area contributed by atoms with Gasteiger partial charge in [-0.2, -0.15) is 4.98 Å². The molecule has 10 nitrogen and oxygen atoms in total. The Bertz CT molecular complexity index is 726. The van der Waals surface area contributed by atoms with Crippen LogP contribution in [0.2, 0.25) is 0 Å². The minimum atomic E-state index is -3.70. The molecule has 0 radical (unpaired) electrons. The molecule has 0 aliphatic heterocycles. The summed E-state index contributed by atoms with van der Waals surface area (Å²) in [6, 6.07) is 0. The fourth-order valence-electron chi connectivity index (χ4n) is 1.72. The summed E-state index contributed by atoms with van der Waals surface area (Å²) in [5, 5.41) is 0. The Morgan fingerprint density at radius 2 is 2.33 bits per heavy atom. The number of hydrogen-bond acceptors (Lipinski definition) is 7. The Balaban J connectivity index is 1.99. The van der Waals surface area contributed by atoms with Crippen LogP contribution in [-0.4, -0.2) is 44.0 Å². The van der Waals surface area contributed by atoms with Gasteiger partial charge < -0.3 is 24.5 Å². The van der Waals surface area contributed by atoms with Gasteiger partial charge in [0.25, 0.3) is 5.56 Å². The number of rotatable bonds is 7. The molecule has 0 saturated carbocycles. The van der Waals surface area contributed by atoms with Gasteiger partial charge in [-0.3, -0.25) is 14.3 Å². The lowest BCUT2D eigenvalue weighted by Crippen LogP contribution is -2.13. The van der Waals surface area contributed by atoms with Gasteiger partial charge >= 0.3 is 7.60 Å². The van der Waals surface area contributed by atoms with E-state index in [1.807, 2.05) is 0 Å². The maximum absolute atomic E-state index is 11.6. The highest BCUT2D eigenvalue weighted by atomic mass is 31.2. The molecular weight excluding hydrogens is 301 g/mol. The van der Waals surface area contributed by atoms with Gasteiger partial charge in [-0.1, -0.05) is 0 Å². The van der Waals surface area contributed by atoms with Crippen molar-refractivity contribution in [3.63, 3.8) is 0 Å². The Morgan fingerprint density at radius 3 is 3.05 bits per heavy atom. The number of nitrogens with two attached hydrogens (primary N) is 1. The summed E-state index contributed by atoms with van der Waals surface area (Å²) in [6.45, 7) is 2.19. The van der Waals surface area contributed by atoms with E-state index in [-0.39, 0.29) is 24.7 Å². The Hall–Kier alpha value is -1.74. The highest BCUT2D eigenvalue weighted by Gasteiger charge is 2.18. The largest absolute Gasteiger partial charge is 0.369 e. The first-order valence-corrected chi connectivity index (χ1v) is 7.94. The zero-order chi connectivity index (χ0) is 15.5. The van der Waals surface area contributed by atoms with Crippen molar-refractivity contribution in [1.82, 2.24) is 19.5 Å². The van der Waals surface area contributed by atoms with E-state index in [1.54, 1.807) is 11.5 Å². The van der Waals surface area contributed by atoms with Crippen LogP contribution in [0.3, 0.4) is 0 Å². The molecule has 4 N–H and O–H groups in total. The molecule has 2 aromatic heterocycles. The maximum Gasteiger partial charge on any atom is 0.353 e. The van der Waals surface area contributed by atoms with E-state index in [2.05, 4.69) is 19.5 Å². The van der Waals surface area contributed by atoms with Crippen molar-refractivity contribution in [2.24, 2.45) is 0 Å². The molecule has 21 heavy (non-hydrogen) atoms. The molecular formula is C10H16N5O5P. The third-order valence-electron chi connectivity index (χ3n) is 2.55. The van der Waals surface area contributed by atoms with Crippen LogP contribution >= 0.6 is 7.60 Å². The quantitative estimate of drug-likeness (QED) is 0.474. The number of anilines is 1. The third-order valence-corrected chi connectivity index (χ3v) is 3.73. The summed E-state index contributed by atoms with van der Waals surface area (Å²) in [5.74, 6) is -0.00799. The van der Waals surface area contributed by atoms with Crippen molar-refractivity contribution >= 4 is 24.7 Å². The zero-order valence-corrected chi connectivity index (χ0v) is 12.2. The molecule has 2 heterocycles. The average molecular weight is 317 g/mol. The summed E-state index contributed by atoms with van der Waals surface area (Å²) < 4.78 is 22.7. The second kappa shape index (κ2) is 6.35. The molecule has 0 spiro atoms. The Morgan fingerprint density at radius 1 is 1.57 bits per heavy atom. The molecule has 0 aromatic carbocycles. The minimum absolute atomic E-state index is 0.00799. The first-order valence-electron chi connectivity index (χ1n) is 6.17. The van der Waals surface area contributed by atoms with E-state index in [0.29, 0.717) is 12.2 Å². The SMILES string of the molecule is CCOP(=O)(O)COCCn1cnc2c(=O)[nH]c(N)nc21. The van der Waals surface area contributed by atoms with Gasteiger partial charge in [0.05, 0.1) is 19.5 Å². The Kier molecular flexibility index (Phi) is 4.73. The van der Waals surface area contributed by atoms with Crippen LogP contribution in [0.5, 0.6) is 0 Å². The molecule has 0 bridgehead atoms. The van der Waals surface area contributed by atoms with E-state index >= 15 is 0 Å². The summed E-state index contributed by atoms with van der Waals surface area (Å²) in [6.07, 6.45) is 1.03. The Labute approximate surface area is 119 Å². The maximum atomic E-state index is 11.6. The number of nitrogens with one attached hydrogen (secondary N) is 1. The van der Waals surface area contributed by atoms with Gasteiger partial charge in [-0.05, 0) is 6.92 Å². The first kappa shape index (κ1) is 15.6. The van der Waals surface area contributed by atoms with Crippen LogP contribution in [0.15, 0.2) is 11.1 Å². The number of ether oxygens (including phenoxy) is 1. The van der Waals surface area contributed by atoms with Gasteiger partial charge in [-0.15, -0.1) is 0 Å². The highest BCUT2D eigenvalue weighted by molar-refractivity contribution is 7.52. The molecule has 0 saturated heterocycles. The van der Waals surface area contributed by atoms with E-state index in [1.165, 1.54) is 6.33 Å². The standard InChI is InChI=1S/C10H16N5O5P/c1-2-20-21(17,18)6-19-4-3-15-5-12-7-8(15)13-10(11)14-9(7)16/h5H,2-4,6H2,1H3,(H,17,18)(H3,11,13,14,16). The van der Waals surface area contributed by atoms with Crippen LogP contribution in [-0.2, 0) is 20.4 Å². The number of H-pyrrole nitrogens is 1. The summed E-state index contributed by atoms with van der Waals surface area (Å²) in [7, 11) is -3.70. The number of fused-ring (bicyclic) bond motifs is 1. The smallest absolute Gasteiger partial charge is 0.353 e. The predicted octanol–water partition coefficient (Wildman–Crippen LogP) is -0.102. The predicted molar refractivity (Wildman–Crippen MR) is 74.8 cm³/mol. The third kappa shape index (κ3) is 3.88. The van der Waals surface area contributed by atoms with Crippen LogP contribution in [0, 0.1) is 0 Å². The van der Waals surface area contributed by atoms with E-state index in [0.717, 1.165) is 0 Å². The van der Waals surface area contributed by atoms with Crippen LogP contribution < -0.4 is 11.3 Å². The average Bonchev–Trinajstić information content (AvgIpc) is 2.78. The lowest BCUT2D eigenvalue weighted by atomic mass is 10.5. The fourth-order valence-corrected chi connectivity index (χ4v) is 2.55. The molecule has 1 unspecified atom stereocenters. The highest BCUT2D eigenvalue weighted by Crippen LogP contribution is 2.41. The molecule has 2 rings (SSSR count). The first-order chi connectivity index (χ1) is 9.93. The summed E-state index contributed by atoms with van der Waals surface area (Å²) >= 11 is 0. The second-order valence-corrected chi connectivity index (χ2v) is 5.95. The summed E-state index contributed by atoms with van der Waals surface area (Å²) in [4.78, 5) is 31.2. The second-order valence-electron chi connectivity index (χ2n) is 4.15. The number of nitrogens with zero attached hydrogens (tertiary/aromatic N) is 3. The van der Waals surface area contributed by atoms with Gasteiger partial charge in [0.2, 0.25) is 5.95 Å². The topological polar surface area (TPSA) is 145 Å². The molecule has 0 aliphatic rings. The van der Waals surface area contributed by atoms with Crippen LogP contribution in [0.4, 0.5) is 5.95 Å². The number of imidazole rings is 1. The van der Waals surface area contributed by atoms with Gasteiger partial charge in [-0.25, -0.2) is 4.98 Å². The van der Waals surface area contributed by atoms with Crippen molar-refractivity contribution < 1.29 is 18.7 Å². The molecule has 11 heteroatoms. The minimum Gasteiger partial charge on any atom is -0.369 e. The molecule has 0 amide bonds. The van der Waals surface area contributed by atoms with Crippen molar-refractivity contribution in [2.45, 2.75) is 13.5 Å². The van der Waals surface area contributed by atoms with Gasteiger partial charge in [0, 0.05) is 6.54 Å². The van der Waals surface area contributed by atoms with Crippen molar-refractivity contribution in [3.8, 4) is 0 Å². The molecule has 0 aliphatic carbocycles. The van der Waals surface area contributed by atoms with Gasteiger partial charge in [0.1, 0.15) is 6.35 Å². The lowest BCUT2D eigenvalue weighted by molar-refractivity contribution is 0.139. The number of hydrogen-bond donors (Lipinski definition) is 3. The van der Waals surface area contributed by atoms with Crippen molar-refractivity contribution in [2.75, 3.05) is 25.3 Å². The van der Waals surface area contributed by atoms with Gasteiger partial charge in [0.15, 0.2) is 11.2 Å². The zero-order valence-electron chi connectivity index (χ0n) is 11.4. The lowest BCUT2D eigenvalue weighted by Gasteiger charge is -2.11. The summed E-state index contributed by atoms with van der Waals surface area (Å²) in [5.41, 5.74) is 5.55. The molecule has 2 aromatic rings. The van der Waals surface area contributed by atoms with Crippen molar-refractivity contribution in [3.05, 3.63) is 16.7 Å². The monoisotopic (exact) mass is 317 g/mol.